The maximum Gasteiger partial charge on any atom is 0.303 e. The Morgan fingerprint density at radius 2 is 1.70 bits per heavy atom. The fraction of sp³-hybridized carbons (Fsp3) is 0.417. The number of rotatable bonds is 5. The zero-order chi connectivity index (χ0) is 21.1. The van der Waals surface area contributed by atoms with Crippen molar-refractivity contribution in [3.8, 4) is 5.75 Å². The van der Waals surface area contributed by atoms with Gasteiger partial charge in [-0.15, -0.1) is 0 Å². The average molecular weight is 408 g/mol. The second-order valence-corrected chi connectivity index (χ2v) is 8.72. The summed E-state index contributed by atoms with van der Waals surface area (Å²) in [6.07, 6.45) is 1.85. The number of aromatic hydroxyl groups is 1. The van der Waals surface area contributed by atoms with Gasteiger partial charge in [0.05, 0.1) is 6.42 Å². The lowest BCUT2D eigenvalue weighted by Crippen LogP contribution is -2.42. The van der Waals surface area contributed by atoms with Crippen LogP contribution in [0.5, 0.6) is 5.75 Å². The first-order valence-corrected chi connectivity index (χ1v) is 10.5. The van der Waals surface area contributed by atoms with Crippen LogP contribution in [0.3, 0.4) is 0 Å². The molecule has 2 N–H and O–H groups in total. The number of carboxylic acids is 1. The lowest BCUT2D eigenvalue weighted by molar-refractivity contribution is -0.141. The number of phenols is 1. The summed E-state index contributed by atoms with van der Waals surface area (Å²) in [7, 11) is 0. The van der Waals surface area contributed by atoms with Crippen LogP contribution >= 0.6 is 0 Å². The molecule has 0 radical (unpaired) electrons. The van der Waals surface area contributed by atoms with Crippen LogP contribution in [0.2, 0.25) is 0 Å². The lowest BCUT2D eigenvalue weighted by atomic mass is 9.80. The highest BCUT2D eigenvalue weighted by Crippen LogP contribution is 2.39. The number of carboxylic acid groups (broad SMARTS) is 1. The quantitative estimate of drug-likeness (QED) is 0.795. The number of phenolic OH excluding ortho intramolecular Hbond substituents is 1. The molecular formula is C24H28N2O4. The molecule has 6 heteroatoms. The Kier molecular flexibility index (Phi) is 5.77. The van der Waals surface area contributed by atoms with Crippen LogP contribution in [0.15, 0.2) is 48.5 Å². The number of hydrogen-bond acceptors (Lipinski definition) is 4. The summed E-state index contributed by atoms with van der Waals surface area (Å²) in [6, 6.07) is 15.6. The molecule has 1 saturated heterocycles. The van der Waals surface area contributed by atoms with E-state index in [0.717, 1.165) is 43.6 Å². The predicted octanol–water partition coefficient (Wildman–Crippen LogP) is 3.03. The molecule has 158 valence electrons. The molecular weight excluding hydrogens is 380 g/mol. The highest BCUT2D eigenvalue weighted by molar-refractivity contribution is 5.80. The summed E-state index contributed by atoms with van der Waals surface area (Å²) in [4.78, 5) is 28.1. The number of nitrogens with zero attached hydrogens (tertiary/aromatic N) is 2. The highest BCUT2D eigenvalue weighted by Gasteiger charge is 2.42. The van der Waals surface area contributed by atoms with Crippen LogP contribution in [0.4, 0.5) is 0 Å². The van der Waals surface area contributed by atoms with E-state index in [2.05, 4.69) is 23.1 Å². The van der Waals surface area contributed by atoms with Gasteiger partial charge < -0.3 is 15.1 Å². The van der Waals surface area contributed by atoms with Crippen LogP contribution in [-0.2, 0) is 29.1 Å². The number of aliphatic carboxylic acids is 1. The average Bonchev–Trinajstić information content (AvgIpc) is 3.01. The van der Waals surface area contributed by atoms with Crippen molar-refractivity contribution in [1.29, 1.82) is 0 Å². The van der Waals surface area contributed by atoms with Crippen molar-refractivity contribution in [3.63, 3.8) is 0 Å². The van der Waals surface area contributed by atoms with Crippen molar-refractivity contribution in [3.05, 3.63) is 65.2 Å². The van der Waals surface area contributed by atoms with Crippen LogP contribution in [0, 0.1) is 5.41 Å². The second kappa shape index (κ2) is 8.48. The van der Waals surface area contributed by atoms with E-state index >= 15 is 0 Å². The molecule has 30 heavy (non-hydrogen) atoms. The summed E-state index contributed by atoms with van der Waals surface area (Å²) in [6.45, 7) is 3.88. The molecule has 0 aromatic heterocycles. The largest absolute Gasteiger partial charge is 0.508 e. The fourth-order valence-corrected chi connectivity index (χ4v) is 4.85. The van der Waals surface area contributed by atoms with E-state index in [-0.39, 0.29) is 29.9 Å². The number of fused-ring (bicyclic) bond motifs is 1. The lowest BCUT2D eigenvalue weighted by Gasteiger charge is -2.33. The minimum absolute atomic E-state index is 0.0254. The molecule has 1 atom stereocenters. The van der Waals surface area contributed by atoms with Gasteiger partial charge in [0.25, 0.3) is 0 Å². The highest BCUT2D eigenvalue weighted by atomic mass is 16.4. The van der Waals surface area contributed by atoms with E-state index in [4.69, 9.17) is 5.11 Å². The first-order valence-electron chi connectivity index (χ1n) is 10.5. The smallest absolute Gasteiger partial charge is 0.303 e. The van der Waals surface area contributed by atoms with E-state index in [1.807, 2.05) is 23.1 Å². The maximum absolute atomic E-state index is 12.8. The molecule has 2 heterocycles. The van der Waals surface area contributed by atoms with Gasteiger partial charge in [-0.1, -0.05) is 36.4 Å². The molecule has 1 fully saturated rings. The number of likely N-dealkylation sites (tertiary alicyclic amines) is 1. The molecule has 2 aliphatic rings. The van der Waals surface area contributed by atoms with Crippen molar-refractivity contribution in [2.75, 3.05) is 19.6 Å². The molecule has 0 saturated carbocycles. The number of benzene rings is 2. The normalized spacial score (nSPS) is 21.4. The number of amides is 1. The first kappa shape index (κ1) is 20.4. The van der Waals surface area contributed by atoms with E-state index in [0.29, 0.717) is 13.1 Å². The van der Waals surface area contributed by atoms with E-state index in [1.54, 1.807) is 12.1 Å². The number of hydrogen-bond donors (Lipinski definition) is 2. The van der Waals surface area contributed by atoms with Gasteiger partial charge in [-0.25, -0.2) is 0 Å². The van der Waals surface area contributed by atoms with Crippen molar-refractivity contribution >= 4 is 11.9 Å². The third-order valence-corrected chi connectivity index (χ3v) is 6.34. The zero-order valence-electron chi connectivity index (χ0n) is 17.1. The summed E-state index contributed by atoms with van der Waals surface area (Å²) in [5.74, 6) is -0.743. The maximum atomic E-state index is 12.8. The Labute approximate surface area is 176 Å². The van der Waals surface area contributed by atoms with E-state index in [9.17, 15) is 14.7 Å². The van der Waals surface area contributed by atoms with Gasteiger partial charge in [0, 0.05) is 38.0 Å². The van der Waals surface area contributed by atoms with E-state index in [1.165, 1.54) is 5.56 Å². The number of carbonyl (C=O) groups is 2. The molecule has 4 rings (SSSR count). The monoisotopic (exact) mass is 408 g/mol. The van der Waals surface area contributed by atoms with Gasteiger partial charge in [0.1, 0.15) is 5.75 Å². The molecule has 0 aliphatic carbocycles. The van der Waals surface area contributed by atoms with E-state index < -0.39 is 5.97 Å². The zero-order valence-corrected chi connectivity index (χ0v) is 17.1. The molecule has 1 spiro atoms. The van der Waals surface area contributed by atoms with Crippen LogP contribution in [0.1, 0.15) is 36.0 Å². The summed E-state index contributed by atoms with van der Waals surface area (Å²) in [5.41, 5.74) is 3.59. The molecule has 2 aliphatic heterocycles. The molecule has 0 bridgehead atoms. The van der Waals surface area contributed by atoms with Gasteiger partial charge in [-0.2, -0.15) is 0 Å². The van der Waals surface area contributed by atoms with Gasteiger partial charge >= 0.3 is 5.97 Å². The third-order valence-electron chi connectivity index (χ3n) is 6.34. The van der Waals surface area contributed by atoms with Gasteiger partial charge in [0.15, 0.2) is 0 Å². The Bertz CT molecular complexity index is 927. The summed E-state index contributed by atoms with van der Waals surface area (Å²) >= 11 is 0. The van der Waals surface area contributed by atoms with Crippen molar-refractivity contribution < 1.29 is 19.8 Å². The van der Waals surface area contributed by atoms with Crippen molar-refractivity contribution in [1.82, 2.24) is 9.80 Å². The molecule has 2 aromatic carbocycles. The number of carbonyl (C=O) groups excluding carboxylic acids is 1. The van der Waals surface area contributed by atoms with Crippen molar-refractivity contribution in [2.24, 2.45) is 5.41 Å². The summed E-state index contributed by atoms with van der Waals surface area (Å²) < 4.78 is 0. The first-order chi connectivity index (χ1) is 14.4. The second-order valence-electron chi connectivity index (χ2n) is 8.72. The minimum Gasteiger partial charge on any atom is -0.508 e. The van der Waals surface area contributed by atoms with Gasteiger partial charge in [-0.05, 0) is 48.2 Å². The summed E-state index contributed by atoms with van der Waals surface area (Å²) in [5, 5.41) is 18.5. The molecule has 6 nitrogen and oxygen atoms in total. The minimum atomic E-state index is -0.936. The van der Waals surface area contributed by atoms with Crippen LogP contribution in [0.25, 0.3) is 0 Å². The van der Waals surface area contributed by atoms with Crippen molar-refractivity contribution in [2.45, 2.75) is 38.8 Å². The Morgan fingerprint density at radius 3 is 2.43 bits per heavy atom. The Morgan fingerprint density at radius 1 is 0.967 bits per heavy atom. The third kappa shape index (κ3) is 4.65. The SMILES string of the molecule is O=C(O)CCC(=O)N1Cc2ccccc2CC2(CCN(Cc3ccc(O)cc3)C2)C1. The van der Waals surface area contributed by atoms with Crippen LogP contribution < -0.4 is 0 Å². The topological polar surface area (TPSA) is 81.1 Å². The van der Waals surface area contributed by atoms with Gasteiger partial charge in [-0.3, -0.25) is 14.5 Å². The molecule has 1 amide bonds. The standard InChI is InChI=1S/C24H28N2O4/c27-21-7-5-18(6-8-21)14-25-12-11-24(16-25)13-19-3-1-2-4-20(19)15-26(17-24)22(28)9-10-23(29)30/h1-8,27H,9-17H2,(H,29,30). The Balaban J connectivity index is 1.53. The molecule has 2 aromatic rings. The predicted molar refractivity (Wildman–Crippen MR) is 113 cm³/mol. The Hall–Kier alpha value is -2.86. The van der Waals surface area contributed by atoms with Gasteiger partial charge in [0.2, 0.25) is 5.91 Å². The fourth-order valence-electron chi connectivity index (χ4n) is 4.85. The molecule has 1 unspecified atom stereocenters. The van der Waals surface area contributed by atoms with Crippen LogP contribution in [-0.4, -0.2) is 51.5 Å².